The predicted molar refractivity (Wildman–Crippen MR) is 73.3 cm³/mol. The van der Waals surface area contributed by atoms with Gasteiger partial charge in [-0.1, -0.05) is 49.6 Å². The summed E-state index contributed by atoms with van der Waals surface area (Å²) in [6.07, 6.45) is 7.68. The van der Waals surface area contributed by atoms with Crippen LogP contribution in [0.1, 0.15) is 44.1 Å². The Labute approximate surface area is 109 Å². The van der Waals surface area contributed by atoms with Crippen molar-refractivity contribution in [2.75, 3.05) is 6.54 Å². The SMILES string of the molecule is OC1(c2ccccc2)CNC(C2CCCCC2)C1. The van der Waals surface area contributed by atoms with Crippen LogP contribution in [0.2, 0.25) is 0 Å². The monoisotopic (exact) mass is 245 g/mol. The molecule has 0 spiro atoms. The number of β-amino-alcohol motifs (C(OH)–C–C–N with tert-alkyl or cyclic N) is 1. The number of nitrogens with one attached hydrogen (secondary N) is 1. The first-order chi connectivity index (χ1) is 8.78. The molecule has 2 atom stereocenters. The van der Waals surface area contributed by atoms with Gasteiger partial charge in [-0.15, -0.1) is 0 Å². The molecule has 2 heteroatoms. The lowest BCUT2D eigenvalue weighted by molar-refractivity contribution is 0.0528. The van der Waals surface area contributed by atoms with Crippen LogP contribution in [-0.4, -0.2) is 17.7 Å². The number of benzene rings is 1. The Balaban J connectivity index is 1.70. The molecule has 0 bridgehead atoms. The van der Waals surface area contributed by atoms with Gasteiger partial charge in [0, 0.05) is 12.6 Å². The van der Waals surface area contributed by atoms with Crippen molar-refractivity contribution in [3.63, 3.8) is 0 Å². The van der Waals surface area contributed by atoms with Crippen LogP contribution in [0.25, 0.3) is 0 Å². The molecule has 1 heterocycles. The number of hydrogen-bond acceptors (Lipinski definition) is 2. The van der Waals surface area contributed by atoms with Gasteiger partial charge in [0.2, 0.25) is 0 Å². The highest BCUT2D eigenvalue weighted by atomic mass is 16.3. The van der Waals surface area contributed by atoms with E-state index in [0.29, 0.717) is 12.6 Å². The number of rotatable bonds is 2. The van der Waals surface area contributed by atoms with Crippen LogP contribution in [0.15, 0.2) is 30.3 Å². The van der Waals surface area contributed by atoms with Crippen molar-refractivity contribution in [2.24, 2.45) is 5.92 Å². The first-order valence-corrected chi connectivity index (χ1v) is 7.29. The molecule has 1 aliphatic carbocycles. The van der Waals surface area contributed by atoms with Crippen LogP contribution in [0.4, 0.5) is 0 Å². The Morgan fingerprint density at radius 1 is 1.06 bits per heavy atom. The molecule has 0 radical (unpaired) electrons. The predicted octanol–water partition coefficient (Wildman–Crippen LogP) is 2.82. The van der Waals surface area contributed by atoms with E-state index >= 15 is 0 Å². The van der Waals surface area contributed by atoms with Crippen molar-refractivity contribution in [2.45, 2.75) is 50.2 Å². The van der Waals surface area contributed by atoms with Crippen molar-refractivity contribution < 1.29 is 5.11 Å². The molecule has 2 unspecified atom stereocenters. The molecular formula is C16H23NO. The van der Waals surface area contributed by atoms with Crippen LogP contribution in [-0.2, 0) is 5.60 Å². The van der Waals surface area contributed by atoms with Crippen molar-refractivity contribution in [1.29, 1.82) is 0 Å². The van der Waals surface area contributed by atoms with E-state index in [1.165, 1.54) is 32.1 Å². The van der Waals surface area contributed by atoms with E-state index in [-0.39, 0.29) is 0 Å². The quantitative estimate of drug-likeness (QED) is 0.839. The Hall–Kier alpha value is -0.860. The molecule has 1 saturated heterocycles. The molecule has 2 nitrogen and oxygen atoms in total. The summed E-state index contributed by atoms with van der Waals surface area (Å²) < 4.78 is 0. The first kappa shape index (κ1) is 12.2. The summed E-state index contributed by atoms with van der Waals surface area (Å²) in [5.74, 6) is 0.775. The fourth-order valence-corrected chi connectivity index (χ4v) is 3.65. The number of hydrogen-bond donors (Lipinski definition) is 2. The molecule has 1 aromatic rings. The van der Waals surface area contributed by atoms with Gasteiger partial charge in [0.1, 0.15) is 5.60 Å². The molecule has 0 aromatic heterocycles. The molecule has 98 valence electrons. The van der Waals surface area contributed by atoms with Gasteiger partial charge < -0.3 is 10.4 Å². The lowest BCUT2D eigenvalue weighted by atomic mass is 9.80. The maximum atomic E-state index is 10.8. The van der Waals surface area contributed by atoms with Crippen LogP contribution in [0.3, 0.4) is 0 Å². The molecule has 0 amide bonds. The van der Waals surface area contributed by atoms with Gasteiger partial charge in [-0.2, -0.15) is 0 Å². The molecule has 2 aliphatic rings. The normalized spacial score (nSPS) is 33.7. The smallest absolute Gasteiger partial charge is 0.103 e. The van der Waals surface area contributed by atoms with Gasteiger partial charge in [0.15, 0.2) is 0 Å². The fraction of sp³-hybridized carbons (Fsp3) is 0.625. The second-order valence-corrected chi connectivity index (χ2v) is 5.99. The van der Waals surface area contributed by atoms with Crippen LogP contribution in [0, 0.1) is 5.92 Å². The van der Waals surface area contributed by atoms with Crippen LogP contribution >= 0.6 is 0 Å². The van der Waals surface area contributed by atoms with Gasteiger partial charge >= 0.3 is 0 Å². The molecule has 2 N–H and O–H groups in total. The second kappa shape index (κ2) is 5.02. The van der Waals surface area contributed by atoms with E-state index in [1.54, 1.807) is 0 Å². The van der Waals surface area contributed by atoms with E-state index in [0.717, 1.165) is 17.9 Å². The lowest BCUT2D eigenvalue weighted by Gasteiger charge is -2.28. The Kier molecular flexibility index (Phi) is 3.40. The van der Waals surface area contributed by atoms with Crippen molar-refractivity contribution in [1.82, 2.24) is 5.32 Å². The number of aliphatic hydroxyl groups is 1. The zero-order valence-corrected chi connectivity index (χ0v) is 10.9. The molecule has 1 saturated carbocycles. The minimum Gasteiger partial charge on any atom is -0.384 e. The van der Waals surface area contributed by atoms with E-state index in [4.69, 9.17) is 0 Å². The van der Waals surface area contributed by atoms with E-state index in [9.17, 15) is 5.11 Å². The lowest BCUT2D eigenvalue weighted by Crippen LogP contribution is -2.31. The Morgan fingerprint density at radius 2 is 1.78 bits per heavy atom. The average Bonchev–Trinajstić information content (AvgIpc) is 2.85. The van der Waals surface area contributed by atoms with Gasteiger partial charge in [-0.3, -0.25) is 0 Å². The van der Waals surface area contributed by atoms with Gasteiger partial charge in [-0.25, -0.2) is 0 Å². The van der Waals surface area contributed by atoms with Crippen LogP contribution < -0.4 is 5.32 Å². The standard InChI is InChI=1S/C16H23NO/c18-16(14-9-5-2-6-10-14)11-15(17-12-16)13-7-3-1-4-8-13/h2,5-6,9-10,13,15,17-18H,1,3-4,7-8,11-12H2. The zero-order chi connectivity index (χ0) is 12.4. The fourth-order valence-electron chi connectivity index (χ4n) is 3.65. The second-order valence-electron chi connectivity index (χ2n) is 5.99. The van der Waals surface area contributed by atoms with Gasteiger partial charge in [-0.05, 0) is 30.7 Å². The van der Waals surface area contributed by atoms with Crippen LogP contribution in [0.5, 0.6) is 0 Å². The summed E-state index contributed by atoms with van der Waals surface area (Å²) in [7, 11) is 0. The van der Waals surface area contributed by atoms with Crippen molar-refractivity contribution in [3.05, 3.63) is 35.9 Å². The summed E-state index contributed by atoms with van der Waals surface area (Å²) in [6.45, 7) is 0.707. The first-order valence-electron chi connectivity index (χ1n) is 7.29. The third-order valence-electron chi connectivity index (χ3n) is 4.74. The molecular weight excluding hydrogens is 222 g/mol. The summed E-state index contributed by atoms with van der Waals surface area (Å²) in [5, 5.41) is 14.4. The average molecular weight is 245 g/mol. The Bertz CT molecular complexity index is 385. The topological polar surface area (TPSA) is 32.3 Å². The van der Waals surface area contributed by atoms with E-state index in [1.807, 2.05) is 30.3 Å². The third-order valence-corrected chi connectivity index (χ3v) is 4.74. The van der Waals surface area contributed by atoms with Crippen molar-refractivity contribution >= 4 is 0 Å². The molecule has 2 fully saturated rings. The largest absolute Gasteiger partial charge is 0.384 e. The molecule has 1 aliphatic heterocycles. The van der Waals surface area contributed by atoms with Gasteiger partial charge in [0.05, 0.1) is 0 Å². The highest BCUT2D eigenvalue weighted by molar-refractivity contribution is 5.24. The minimum atomic E-state index is -0.649. The van der Waals surface area contributed by atoms with Gasteiger partial charge in [0.25, 0.3) is 0 Å². The zero-order valence-electron chi connectivity index (χ0n) is 10.9. The summed E-state index contributed by atoms with van der Waals surface area (Å²) in [4.78, 5) is 0. The molecule has 1 aromatic carbocycles. The molecule has 3 rings (SSSR count). The minimum absolute atomic E-state index is 0.510. The Morgan fingerprint density at radius 3 is 2.50 bits per heavy atom. The third kappa shape index (κ3) is 2.32. The summed E-state index contributed by atoms with van der Waals surface area (Å²) in [5.41, 5.74) is 0.416. The maximum absolute atomic E-state index is 10.8. The highest BCUT2D eigenvalue weighted by Gasteiger charge is 2.41. The summed E-state index contributed by atoms with van der Waals surface area (Å²) >= 11 is 0. The molecule has 18 heavy (non-hydrogen) atoms. The summed E-state index contributed by atoms with van der Waals surface area (Å²) in [6, 6.07) is 10.6. The van der Waals surface area contributed by atoms with E-state index in [2.05, 4.69) is 5.32 Å². The van der Waals surface area contributed by atoms with Crippen molar-refractivity contribution in [3.8, 4) is 0 Å². The highest BCUT2D eigenvalue weighted by Crippen LogP contribution is 2.37. The van der Waals surface area contributed by atoms with E-state index < -0.39 is 5.60 Å². The maximum Gasteiger partial charge on any atom is 0.103 e.